The largest absolute Gasteiger partial charge is 0.481 e. The lowest BCUT2D eigenvalue weighted by atomic mass is 9.94. The molecule has 1 aromatic carbocycles. The summed E-state index contributed by atoms with van der Waals surface area (Å²) in [5.74, 6) is -1.36. The summed E-state index contributed by atoms with van der Waals surface area (Å²) in [5, 5.41) is 11.6. The SMILES string of the molecule is CCN(C(=O)NCC(C)(C)C(=O)O)c1ccc(F)cc1. The van der Waals surface area contributed by atoms with Gasteiger partial charge in [0.2, 0.25) is 0 Å². The topological polar surface area (TPSA) is 69.6 Å². The average molecular weight is 282 g/mol. The van der Waals surface area contributed by atoms with Gasteiger partial charge >= 0.3 is 12.0 Å². The highest BCUT2D eigenvalue weighted by atomic mass is 19.1. The number of halogens is 1. The van der Waals surface area contributed by atoms with Gasteiger partial charge in [0.05, 0.1) is 5.41 Å². The minimum absolute atomic E-state index is 0.0128. The third kappa shape index (κ3) is 3.94. The fraction of sp³-hybridized carbons (Fsp3) is 0.429. The van der Waals surface area contributed by atoms with E-state index in [2.05, 4.69) is 5.32 Å². The molecule has 0 radical (unpaired) electrons. The highest BCUT2D eigenvalue weighted by Gasteiger charge is 2.28. The number of benzene rings is 1. The Morgan fingerprint density at radius 3 is 2.30 bits per heavy atom. The van der Waals surface area contributed by atoms with E-state index in [0.717, 1.165) is 0 Å². The molecule has 0 heterocycles. The summed E-state index contributed by atoms with van der Waals surface area (Å²) in [7, 11) is 0. The van der Waals surface area contributed by atoms with E-state index in [-0.39, 0.29) is 12.4 Å². The third-order valence-corrected chi connectivity index (χ3v) is 2.96. The van der Waals surface area contributed by atoms with Crippen LogP contribution in [0.5, 0.6) is 0 Å². The highest BCUT2D eigenvalue weighted by molar-refractivity contribution is 5.92. The molecule has 2 amide bonds. The standard InChI is InChI=1S/C14H19FN2O3/c1-4-17(11-7-5-10(15)6-8-11)13(20)16-9-14(2,3)12(18)19/h5-8H,4,9H2,1-3H3,(H,16,20)(H,18,19). The quantitative estimate of drug-likeness (QED) is 0.871. The van der Waals surface area contributed by atoms with Crippen molar-refractivity contribution in [1.82, 2.24) is 5.32 Å². The molecule has 20 heavy (non-hydrogen) atoms. The van der Waals surface area contributed by atoms with Crippen LogP contribution in [0.1, 0.15) is 20.8 Å². The zero-order valence-corrected chi connectivity index (χ0v) is 11.8. The molecule has 1 aromatic rings. The molecule has 110 valence electrons. The van der Waals surface area contributed by atoms with Gasteiger partial charge in [0.25, 0.3) is 0 Å². The summed E-state index contributed by atoms with van der Waals surface area (Å²) in [6.45, 7) is 5.25. The average Bonchev–Trinajstić information content (AvgIpc) is 2.39. The van der Waals surface area contributed by atoms with Crippen LogP contribution in [0.25, 0.3) is 0 Å². The van der Waals surface area contributed by atoms with Crippen molar-refractivity contribution in [1.29, 1.82) is 0 Å². The van der Waals surface area contributed by atoms with Gasteiger partial charge in [0, 0.05) is 18.8 Å². The fourth-order valence-corrected chi connectivity index (χ4v) is 1.53. The monoisotopic (exact) mass is 282 g/mol. The number of nitrogens with zero attached hydrogens (tertiary/aromatic N) is 1. The van der Waals surface area contributed by atoms with E-state index in [4.69, 9.17) is 5.11 Å². The molecule has 0 saturated heterocycles. The molecule has 5 nitrogen and oxygen atoms in total. The molecule has 0 unspecified atom stereocenters. The van der Waals surface area contributed by atoms with E-state index in [1.807, 2.05) is 0 Å². The number of amides is 2. The number of hydrogen-bond acceptors (Lipinski definition) is 2. The van der Waals surface area contributed by atoms with E-state index in [9.17, 15) is 14.0 Å². The lowest BCUT2D eigenvalue weighted by Crippen LogP contribution is -2.45. The van der Waals surface area contributed by atoms with Crippen molar-refractivity contribution in [2.75, 3.05) is 18.0 Å². The number of anilines is 1. The zero-order chi connectivity index (χ0) is 15.3. The second-order valence-corrected chi connectivity index (χ2v) is 5.07. The van der Waals surface area contributed by atoms with Crippen molar-refractivity contribution in [3.63, 3.8) is 0 Å². The Morgan fingerprint density at radius 1 is 1.30 bits per heavy atom. The van der Waals surface area contributed by atoms with Gasteiger partial charge in [-0.3, -0.25) is 9.69 Å². The van der Waals surface area contributed by atoms with Crippen LogP contribution < -0.4 is 10.2 Å². The van der Waals surface area contributed by atoms with Gasteiger partial charge in [-0.05, 0) is 45.0 Å². The smallest absolute Gasteiger partial charge is 0.321 e. The lowest BCUT2D eigenvalue weighted by Gasteiger charge is -2.25. The van der Waals surface area contributed by atoms with E-state index < -0.39 is 17.4 Å². The zero-order valence-electron chi connectivity index (χ0n) is 11.8. The van der Waals surface area contributed by atoms with Crippen molar-refractivity contribution >= 4 is 17.7 Å². The Labute approximate surface area is 117 Å². The number of carbonyl (C=O) groups is 2. The van der Waals surface area contributed by atoms with Gasteiger partial charge < -0.3 is 10.4 Å². The maximum Gasteiger partial charge on any atom is 0.321 e. The van der Waals surface area contributed by atoms with E-state index in [0.29, 0.717) is 12.2 Å². The molecule has 0 fully saturated rings. The Balaban J connectivity index is 2.73. The van der Waals surface area contributed by atoms with Crippen LogP contribution in [0.2, 0.25) is 0 Å². The summed E-state index contributed by atoms with van der Waals surface area (Å²) in [6, 6.07) is 5.13. The lowest BCUT2D eigenvalue weighted by molar-refractivity contribution is -0.146. The second-order valence-electron chi connectivity index (χ2n) is 5.07. The molecule has 0 aromatic heterocycles. The molecule has 0 saturated carbocycles. The summed E-state index contributed by atoms with van der Waals surface area (Å²) < 4.78 is 12.9. The van der Waals surface area contributed by atoms with E-state index >= 15 is 0 Å². The second kappa shape index (κ2) is 6.36. The molecular weight excluding hydrogens is 263 g/mol. The molecule has 0 aliphatic heterocycles. The normalized spacial score (nSPS) is 11.0. The molecule has 1 rings (SSSR count). The number of hydrogen-bond donors (Lipinski definition) is 2. The van der Waals surface area contributed by atoms with Crippen LogP contribution in [-0.4, -0.2) is 30.2 Å². The van der Waals surface area contributed by atoms with Crippen molar-refractivity contribution in [2.45, 2.75) is 20.8 Å². The van der Waals surface area contributed by atoms with Gasteiger partial charge in [-0.1, -0.05) is 0 Å². The van der Waals surface area contributed by atoms with Gasteiger partial charge in [-0.15, -0.1) is 0 Å². The van der Waals surface area contributed by atoms with Crippen molar-refractivity contribution in [2.24, 2.45) is 5.41 Å². The van der Waals surface area contributed by atoms with Gasteiger partial charge in [-0.2, -0.15) is 0 Å². The Kier molecular flexibility index (Phi) is 5.07. The minimum Gasteiger partial charge on any atom is -0.481 e. The predicted octanol–water partition coefficient (Wildman–Crippen LogP) is 2.47. The Hall–Kier alpha value is -2.11. The number of carboxylic acid groups (broad SMARTS) is 1. The van der Waals surface area contributed by atoms with Crippen molar-refractivity contribution < 1.29 is 19.1 Å². The first kappa shape index (κ1) is 15.9. The highest BCUT2D eigenvalue weighted by Crippen LogP contribution is 2.16. The van der Waals surface area contributed by atoms with Crippen LogP contribution in [0.4, 0.5) is 14.9 Å². The molecule has 2 N–H and O–H groups in total. The van der Waals surface area contributed by atoms with Crippen LogP contribution in [0.15, 0.2) is 24.3 Å². The predicted molar refractivity (Wildman–Crippen MR) is 74.2 cm³/mol. The number of rotatable bonds is 5. The fourth-order valence-electron chi connectivity index (χ4n) is 1.53. The number of carboxylic acids is 1. The summed E-state index contributed by atoms with van der Waals surface area (Å²) >= 11 is 0. The summed E-state index contributed by atoms with van der Waals surface area (Å²) in [4.78, 5) is 24.4. The summed E-state index contributed by atoms with van der Waals surface area (Å²) in [6.07, 6.45) is 0. The number of nitrogens with one attached hydrogen (secondary N) is 1. The molecule has 0 aliphatic carbocycles. The van der Waals surface area contributed by atoms with Gasteiger partial charge in [0.15, 0.2) is 0 Å². The maximum absolute atomic E-state index is 12.9. The van der Waals surface area contributed by atoms with Crippen LogP contribution in [0, 0.1) is 11.2 Å². The molecule has 0 spiro atoms. The first-order valence-electron chi connectivity index (χ1n) is 6.32. The van der Waals surface area contributed by atoms with Crippen LogP contribution in [0.3, 0.4) is 0 Å². The first-order valence-corrected chi connectivity index (χ1v) is 6.32. The molecule has 6 heteroatoms. The minimum atomic E-state index is -1.04. The molecular formula is C14H19FN2O3. The van der Waals surface area contributed by atoms with E-state index in [1.165, 1.54) is 43.0 Å². The Bertz CT molecular complexity index is 486. The number of aliphatic carboxylic acids is 1. The summed E-state index contributed by atoms with van der Waals surface area (Å²) in [5.41, 5.74) is -0.489. The third-order valence-electron chi connectivity index (χ3n) is 2.96. The van der Waals surface area contributed by atoms with E-state index in [1.54, 1.807) is 6.92 Å². The first-order chi connectivity index (χ1) is 9.27. The number of carbonyl (C=O) groups excluding carboxylic acids is 1. The van der Waals surface area contributed by atoms with Gasteiger partial charge in [-0.25, -0.2) is 9.18 Å². The molecule has 0 aliphatic rings. The van der Waals surface area contributed by atoms with Gasteiger partial charge in [0.1, 0.15) is 5.82 Å². The molecule has 0 bridgehead atoms. The number of urea groups is 1. The van der Waals surface area contributed by atoms with Crippen molar-refractivity contribution in [3.8, 4) is 0 Å². The van der Waals surface area contributed by atoms with Crippen LogP contribution >= 0.6 is 0 Å². The van der Waals surface area contributed by atoms with Crippen molar-refractivity contribution in [3.05, 3.63) is 30.1 Å². The Morgan fingerprint density at radius 2 is 1.85 bits per heavy atom. The van der Waals surface area contributed by atoms with Crippen LogP contribution in [-0.2, 0) is 4.79 Å². The molecule has 0 atom stereocenters. The maximum atomic E-state index is 12.9.